The fraction of sp³-hybridized carbons (Fsp3) is 0.125. The molecule has 0 spiro atoms. The molecule has 23 heavy (non-hydrogen) atoms. The number of non-ortho nitro benzene ring substituents is 1. The van der Waals surface area contributed by atoms with Gasteiger partial charge in [-0.1, -0.05) is 24.3 Å². The molecule has 116 valence electrons. The zero-order chi connectivity index (χ0) is 16.1. The molecule has 0 aliphatic carbocycles. The van der Waals surface area contributed by atoms with Gasteiger partial charge in [0, 0.05) is 24.4 Å². The molecule has 2 aromatic carbocycles. The van der Waals surface area contributed by atoms with Crippen LogP contribution in [0.5, 0.6) is 0 Å². The quantitative estimate of drug-likeness (QED) is 0.559. The molecule has 1 N–H and O–H groups in total. The Kier molecular flexibility index (Phi) is 4.28. The molecular weight excluding hydrogens is 294 g/mol. The smallest absolute Gasteiger partial charge is 0.269 e. The van der Waals surface area contributed by atoms with Crippen LogP contribution in [0.4, 0.5) is 11.4 Å². The first-order valence-electron chi connectivity index (χ1n) is 7.09. The maximum Gasteiger partial charge on any atom is 0.269 e. The van der Waals surface area contributed by atoms with E-state index in [1.165, 1.54) is 18.5 Å². The number of anilines is 1. The molecule has 0 bridgehead atoms. The molecule has 1 aromatic heterocycles. The van der Waals surface area contributed by atoms with Crippen molar-refractivity contribution in [2.75, 3.05) is 5.32 Å². The van der Waals surface area contributed by atoms with Gasteiger partial charge in [0.2, 0.25) is 0 Å². The zero-order valence-corrected chi connectivity index (χ0v) is 12.3. The van der Waals surface area contributed by atoms with Crippen LogP contribution in [0.2, 0.25) is 0 Å². The maximum atomic E-state index is 10.6. The number of nitrogens with one attached hydrogen (secondary N) is 1. The van der Waals surface area contributed by atoms with E-state index in [-0.39, 0.29) is 5.69 Å². The SMILES string of the molecule is O=[N+]([O-])c1ccc(CNc2cccc(Cn3cncn3)c2)cc1. The van der Waals surface area contributed by atoms with Gasteiger partial charge < -0.3 is 5.32 Å². The van der Waals surface area contributed by atoms with E-state index in [2.05, 4.69) is 15.4 Å². The van der Waals surface area contributed by atoms with Gasteiger partial charge in [0.1, 0.15) is 12.7 Å². The lowest BCUT2D eigenvalue weighted by Crippen LogP contribution is -2.03. The zero-order valence-electron chi connectivity index (χ0n) is 12.3. The minimum Gasteiger partial charge on any atom is -0.381 e. The summed E-state index contributed by atoms with van der Waals surface area (Å²) in [5, 5.41) is 18.0. The third kappa shape index (κ3) is 3.91. The monoisotopic (exact) mass is 309 g/mol. The summed E-state index contributed by atoms with van der Waals surface area (Å²) in [4.78, 5) is 14.2. The lowest BCUT2D eigenvalue weighted by Gasteiger charge is -2.08. The third-order valence-corrected chi connectivity index (χ3v) is 3.38. The van der Waals surface area contributed by atoms with E-state index < -0.39 is 4.92 Å². The molecule has 0 aliphatic heterocycles. The minimum atomic E-state index is -0.398. The predicted octanol–water partition coefficient (Wildman–Crippen LogP) is 2.85. The normalized spacial score (nSPS) is 10.4. The van der Waals surface area contributed by atoms with Crippen LogP contribution < -0.4 is 5.32 Å². The molecule has 0 saturated heterocycles. The van der Waals surface area contributed by atoms with Crippen LogP contribution in [0.1, 0.15) is 11.1 Å². The van der Waals surface area contributed by atoms with Gasteiger partial charge in [-0.3, -0.25) is 10.1 Å². The summed E-state index contributed by atoms with van der Waals surface area (Å²) in [5.74, 6) is 0. The van der Waals surface area contributed by atoms with Crippen molar-refractivity contribution in [2.24, 2.45) is 0 Å². The molecule has 7 nitrogen and oxygen atoms in total. The lowest BCUT2D eigenvalue weighted by atomic mass is 10.1. The number of benzene rings is 2. The Hall–Kier alpha value is -3.22. The second kappa shape index (κ2) is 6.69. The van der Waals surface area contributed by atoms with E-state index in [0.29, 0.717) is 13.1 Å². The fourth-order valence-corrected chi connectivity index (χ4v) is 2.22. The van der Waals surface area contributed by atoms with Gasteiger partial charge in [0.25, 0.3) is 5.69 Å². The Morgan fingerprint density at radius 1 is 1.13 bits per heavy atom. The van der Waals surface area contributed by atoms with Crippen LogP contribution in [-0.2, 0) is 13.1 Å². The summed E-state index contributed by atoms with van der Waals surface area (Å²) in [7, 11) is 0. The molecule has 3 rings (SSSR count). The summed E-state index contributed by atoms with van der Waals surface area (Å²) in [6.07, 6.45) is 3.19. The Labute approximate surface area is 132 Å². The summed E-state index contributed by atoms with van der Waals surface area (Å²) in [6.45, 7) is 1.26. The van der Waals surface area contributed by atoms with Crippen LogP contribution in [-0.4, -0.2) is 19.7 Å². The number of nitrogens with zero attached hydrogens (tertiary/aromatic N) is 4. The second-order valence-electron chi connectivity index (χ2n) is 5.07. The Balaban J connectivity index is 1.62. The number of nitro groups is 1. The first kappa shape index (κ1) is 14.7. The van der Waals surface area contributed by atoms with E-state index in [9.17, 15) is 10.1 Å². The van der Waals surface area contributed by atoms with E-state index >= 15 is 0 Å². The number of rotatable bonds is 6. The van der Waals surface area contributed by atoms with Crippen molar-refractivity contribution in [3.8, 4) is 0 Å². The molecule has 1 heterocycles. The Morgan fingerprint density at radius 2 is 1.96 bits per heavy atom. The van der Waals surface area contributed by atoms with Crippen LogP contribution in [0, 0.1) is 10.1 Å². The molecule has 0 unspecified atom stereocenters. The van der Waals surface area contributed by atoms with Crippen molar-refractivity contribution >= 4 is 11.4 Å². The average Bonchev–Trinajstić information content (AvgIpc) is 3.07. The lowest BCUT2D eigenvalue weighted by molar-refractivity contribution is -0.384. The van der Waals surface area contributed by atoms with Gasteiger partial charge in [-0.15, -0.1) is 0 Å². The highest BCUT2D eigenvalue weighted by Gasteiger charge is 2.04. The Bertz CT molecular complexity index is 784. The van der Waals surface area contributed by atoms with Gasteiger partial charge in [-0.2, -0.15) is 5.10 Å². The Morgan fingerprint density at radius 3 is 2.65 bits per heavy atom. The van der Waals surface area contributed by atoms with Crippen molar-refractivity contribution in [2.45, 2.75) is 13.1 Å². The molecule has 0 amide bonds. The minimum absolute atomic E-state index is 0.101. The third-order valence-electron chi connectivity index (χ3n) is 3.38. The first-order chi connectivity index (χ1) is 11.2. The van der Waals surface area contributed by atoms with Crippen LogP contribution >= 0.6 is 0 Å². The molecule has 3 aromatic rings. The van der Waals surface area contributed by atoms with E-state index in [0.717, 1.165) is 16.8 Å². The van der Waals surface area contributed by atoms with Gasteiger partial charge in [-0.25, -0.2) is 9.67 Å². The fourth-order valence-electron chi connectivity index (χ4n) is 2.22. The van der Waals surface area contributed by atoms with Crippen molar-refractivity contribution < 1.29 is 4.92 Å². The highest BCUT2D eigenvalue weighted by atomic mass is 16.6. The van der Waals surface area contributed by atoms with Gasteiger partial charge in [-0.05, 0) is 23.3 Å². The number of hydrogen-bond acceptors (Lipinski definition) is 5. The summed E-state index contributed by atoms with van der Waals surface area (Å²) in [6, 6.07) is 14.6. The van der Waals surface area contributed by atoms with Crippen molar-refractivity contribution in [3.63, 3.8) is 0 Å². The summed E-state index contributed by atoms with van der Waals surface area (Å²) >= 11 is 0. The van der Waals surface area contributed by atoms with Crippen LogP contribution in [0.15, 0.2) is 61.2 Å². The molecule has 7 heteroatoms. The highest BCUT2D eigenvalue weighted by molar-refractivity contribution is 5.46. The topological polar surface area (TPSA) is 85.9 Å². The van der Waals surface area contributed by atoms with Crippen LogP contribution in [0.25, 0.3) is 0 Å². The predicted molar refractivity (Wildman–Crippen MR) is 86.0 cm³/mol. The van der Waals surface area contributed by atoms with Crippen molar-refractivity contribution in [3.05, 3.63) is 82.4 Å². The van der Waals surface area contributed by atoms with Crippen molar-refractivity contribution in [1.82, 2.24) is 14.8 Å². The molecule has 0 aliphatic rings. The van der Waals surface area contributed by atoms with Gasteiger partial charge >= 0.3 is 0 Å². The molecule has 0 fully saturated rings. The molecule has 0 radical (unpaired) electrons. The first-order valence-corrected chi connectivity index (χ1v) is 7.09. The summed E-state index contributed by atoms with van der Waals surface area (Å²) < 4.78 is 1.76. The number of aromatic nitrogens is 3. The van der Waals surface area contributed by atoms with E-state index in [1.807, 2.05) is 24.3 Å². The standard InChI is InChI=1S/C16H15N5O2/c22-21(23)16-6-4-13(5-7-16)9-18-15-3-1-2-14(8-15)10-20-12-17-11-19-20/h1-8,11-12,18H,9-10H2. The largest absolute Gasteiger partial charge is 0.381 e. The second-order valence-corrected chi connectivity index (χ2v) is 5.07. The number of nitro benzene ring substituents is 1. The van der Waals surface area contributed by atoms with E-state index in [4.69, 9.17) is 0 Å². The maximum absolute atomic E-state index is 10.6. The molecule has 0 saturated carbocycles. The van der Waals surface area contributed by atoms with Crippen LogP contribution in [0.3, 0.4) is 0 Å². The number of hydrogen-bond donors (Lipinski definition) is 1. The van der Waals surface area contributed by atoms with Gasteiger partial charge in [0.05, 0.1) is 11.5 Å². The van der Waals surface area contributed by atoms with Crippen molar-refractivity contribution in [1.29, 1.82) is 0 Å². The van der Waals surface area contributed by atoms with Gasteiger partial charge in [0.15, 0.2) is 0 Å². The van der Waals surface area contributed by atoms with E-state index in [1.54, 1.807) is 23.1 Å². The molecule has 0 atom stereocenters. The average molecular weight is 309 g/mol. The highest BCUT2D eigenvalue weighted by Crippen LogP contribution is 2.15. The summed E-state index contributed by atoms with van der Waals surface area (Å²) in [5.41, 5.74) is 3.19. The molecular formula is C16H15N5O2.